The summed E-state index contributed by atoms with van der Waals surface area (Å²) in [6.07, 6.45) is 0. The summed E-state index contributed by atoms with van der Waals surface area (Å²) in [6.45, 7) is 6.16. The number of nitrogens with zero attached hydrogens (tertiary/aromatic N) is 1. The molecule has 0 unspecified atom stereocenters. The number of para-hydroxylation sites is 1. The summed E-state index contributed by atoms with van der Waals surface area (Å²) in [5.41, 5.74) is 3.85. The molecule has 0 atom stereocenters. The van der Waals surface area contributed by atoms with Crippen LogP contribution in [0.3, 0.4) is 0 Å². The van der Waals surface area contributed by atoms with Crippen LogP contribution in [0.25, 0.3) is 0 Å². The molecule has 0 radical (unpaired) electrons. The monoisotopic (exact) mass is 277 g/mol. The lowest BCUT2D eigenvalue weighted by Gasteiger charge is -2.24. The molecule has 0 fully saturated rings. The van der Waals surface area contributed by atoms with Crippen molar-refractivity contribution in [1.29, 1.82) is 0 Å². The summed E-state index contributed by atoms with van der Waals surface area (Å²) in [6, 6.07) is 15.7. The molecule has 2 aromatic carbocycles. The lowest BCUT2D eigenvalue weighted by Crippen LogP contribution is -2.29. The van der Waals surface area contributed by atoms with Crippen LogP contribution in [0.2, 0.25) is 0 Å². The maximum atomic E-state index is 11.9. The fourth-order valence-electron chi connectivity index (χ4n) is 2.27. The minimum atomic E-state index is 0.0333. The molecule has 2 nitrogen and oxygen atoms in total. The standard InChI is InChI=1S/C17H13NO.C2H6/c1-13(19)18-12-16-8-3-2-6-14(16)10-11-15-7-4-5-9-17(15)18;1-2/h2-9H,12H2,1H3;1-2H3. The number of carbonyl (C=O) groups is 1. The third kappa shape index (κ3) is 3.14. The van der Waals surface area contributed by atoms with Crippen LogP contribution in [0, 0.1) is 11.8 Å². The Kier molecular flexibility index (Phi) is 4.79. The average molecular weight is 277 g/mol. The Bertz CT molecular complexity index is 707. The molecule has 0 N–H and O–H groups in total. The van der Waals surface area contributed by atoms with E-state index in [1.165, 1.54) is 0 Å². The molecule has 1 aliphatic heterocycles. The maximum absolute atomic E-state index is 11.9. The van der Waals surface area contributed by atoms with Crippen molar-refractivity contribution in [3.8, 4) is 11.8 Å². The van der Waals surface area contributed by atoms with Crippen LogP contribution in [-0.4, -0.2) is 5.91 Å². The van der Waals surface area contributed by atoms with Gasteiger partial charge in [0.2, 0.25) is 5.91 Å². The molecule has 106 valence electrons. The summed E-state index contributed by atoms with van der Waals surface area (Å²) < 4.78 is 0. The van der Waals surface area contributed by atoms with Crippen LogP contribution in [-0.2, 0) is 11.3 Å². The molecule has 1 heterocycles. The zero-order valence-corrected chi connectivity index (χ0v) is 12.7. The van der Waals surface area contributed by atoms with Gasteiger partial charge in [-0.15, -0.1) is 0 Å². The van der Waals surface area contributed by atoms with Crippen molar-refractivity contribution >= 4 is 11.6 Å². The average Bonchev–Trinajstić information content (AvgIpc) is 2.51. The highest BCUT2D eigenvalue weighted by Crippen LogP contribution is 2.25. The highest BCUT2D eigenvalue weighted by Gasteiger charge is 2.17. The van der Waals surface area contributed by atoms with Gasteiger partial charge in [0, 0.05) is 18.1 Å². The molecular formula is C19H19NO. The van der Waals surface area contributed by atoms with E-state index in [1.807, 2.05) is 62.4 Å². The molecule has 21 heavy (non-hydrogen) atoms. The molecule has 1 aliphatic rings. The van der Waals surface area contributed by atoms with E-state index in [4.69, 9.17) is 0 Å². The maximum Gasteiger partial charge on any atom is 0.224 e. The SMILES string of the molecule is CC.CC(=O)N1Cc2ccccc2C#Cc2ccccc21. The van der Waals surface area contributed by atoms with Gasteiger partial charge in [0.25, 0.3) is 0 Å². The van der Waals surface area contributed by atoms with Gasteiger partial charge < -0.3 is 4.90 Å². The number of anilines is 1. The summed E-state index contributed by atoms with van der Waals surface area (Å²) in [5.74, 6) is 6.39. The Balaban J connectivity index is 0.000000774. The normalized spacial score (nSPS) is 11.5. The van der Waals surface area contributed by atoms with E-state index in [0.29, 0.717) is 6.54 Å². The number of benzene rings is 2. The van der Waals surface area contributed by atoms with Gasteiger partial charge in [-0.2, -0.15) is 0 Å². The Labute approximate surface area is 126 Å². The summed E-state index contributed by atoms with van der Waals surface area (Å²) in [5, 5.41) is 0. The lowest BCUT2D eigenvalue weighted by atomic mass is 10.0. The van der Waals surface area contributed by atoms with Gasteiger partial charge in [0.05, 0.1) is 12.2 Å². The minimum Gasteiger partial charge on any atom is -0.307 e. The van der Waals surface area contributed by atoms with Gasteiger partial charge in [0.15, 0.2) is 0 Å². The molecule has 1 amide bonds. The largest absolute Gasteiger partial charge is 0.307 e. The second-order valence-corrected chi connectivity index (χ2v) is 4.53. The summed E-state index contributed by atoms with van der Waals surface area (Å²) in [4.78, 5) is 13.7. The van der Waals surface area contributed by atoms with Crippen molar-refractivity contribution in [2.45, 2.75) is 27.3 Å². The van der Waals surface area contributed by atoms with Crippen molar-refractivity contribution in [3.63, 3.8) is 0 Å². The van der Waals surface area contributed by atoms with E-state index in [2.05, 4.69) is 11.8 Å². The first kappa shape index (κ1) is 14.9. The number of hydrogen-bond donors (Lipinski definition) is 0. The van der Waals surface area contributed by atoms with Crippen molar-refractivity contribution < 1.29 is 4.79 Å². The molecule has 3 rings (SSSR count). The second-order valence-electron chi connectivity index (χ2n) is 4.53. The Morgan fingerprint density at radius 2 is 1.52 bits per heavy atom. The Hall–Kier alpha value is -2.53. The van der Waals surface area contributed by atoms with Gasteiger partial charge in [-0.3, -0.25) is 4.79 Å². The van der Waals surface area contributed by atoms with Crippen LogP contribution in [0.15, 0.2) is 48.5 Å². The number of fused-ring (bicyclic) bond motifs is 2. The zero-order chi connectivity index (χ0) is 15.2. The fraction of sp³-hybridized carbons (Fsp3) is 0.211. The summed E-state index contributed by atoms with van der Waals surface area (Å²) >= 11 is 0. The van der Waals surface area contributed by atoms with Crippen LogP contribution in [0.1, 0.15) is 37.5 Å². The molecule has 0 saturated heterocycles. The first-order valence-electron chi connectivity index (χ1n) is 7.23. The van der Waals surface area contributed by atoms with E-state index in [0.717, 1.165) is 22.4 Å². The highest BCUT2D eigenvalue weighted by atomic mass is 16.2. The fourth-order valence-corrected chi connectivity index (χ4v) is 2.27. The lowest BCUT2D eigenvalue weighted by molar-refractivity contribution is -0.116. The van der Waals surface area contributed by atoms with Gasteiger partial charge in [-0.05, 0) is 23.8 Å². The molecular weight excluding hydrogens is 258 g/mol. The summed E-state index contributed by atoms with van der Waals surface area (Å²) in [7, 11) is 0. The quantitative estimate of drug-likeness (QED) is 0.667. The topological polar surface area (TPSA) is 20.3 Å². The Morgan fingerprint density at radius 1 is 0.952 bits per heavy atom. The third-order valence-electron chi connectivity index (χ3n) is 3.25. The van der Waals surface area contributed by atoms with Gasteiger partial charge in [-0.1, -0.05) is 56.0 Å². The van der Waals surface area contributed by atoms with Crippen molar-refractivity contribution in [2.75, 3.05) is 4.90 Å². The van der Waals surface area contributed by atoms with Crippen molar-refractivity contribution in [3.05, 3.63) is 65.2 Å². The van der Waals surface area contributed by atoms with Gasteiger partial charge in [-0.25, -0.2) is 0 Å². The predicted octanol–water partition coefficient (Wildman–Crippen LogP) is 3.98. The number of carbonyl (C=O) groups excluding carboxylic acids is 1. The molecule has 2 heteroatoms. The second kappa shape index (κ2) is 6.76. The molecule has 0 aromatic heterocycles. The number of rotatable bonds is 0. The van der Waals surface area contributed by atoms with Crippen LogP contribution in [0.4, 0.5) is 5.69 Å². The first-order chi connectivity index (χ1) is 10.3. The molecule has 0 saturated carbocycles. The van der Waals surface area contributed by atoms with Crippen LogP contribution in [0.5, 0.6) is 0 Å². The van der Waals surface area contributed by atoms with Crippen molar-refractivity contribution in [2.24, 2.45) is 0 Å². The first-order valence-corrected chi connectivity index (χ1v) is 7.23. The third-order valence-corrected chi connectivity index (χ3v) is 3.25. The molecule has 0 spiro atoms. The predicted molar refractivity (Wildman–Crippen MR) is 87.1 cm³/mol. The van der Waals surface area contributed by atoms with E-state index in [1.54, 1.807) is 11.8 Å². The van der Waals surface area contributed by atoms with Gasteiger partial charge in [0.1, 0.15) is 0 Å². The van der Waals surface area contributed by atoms with Crippen LogP contribution >= 0.6 is 0 Å². The number of hydrogen-bond acceptors (Lipinski definition) is 1. The van der Waals surface area contributed by atoms with Gasteiger partial charge >= 0.3 is 0 Å². The van der Waals surface area contributed by atoms with E-state index < -0.39 is 0 Å². The minimum absolute atomic E-state index is 0.0333. The van der Waals surface area contributed by atoms with Crippen molar-refractivity contribution in [1.82, 2.24) is 0 Å². The van der Waals surface area contributed by atoms with E-state index in [9.17, 15) is 4.79 Å². The van der Waals surface area contributed by atoms with E-state index in [-0.39, 0.29) is 5.91 Å². The molecule has 0 bridgehead atoms. The molecule has 2 aromatic rings. The van der Waals surface area contributed by atoms with E-state index >= 15 is 0 Å². The highest BCUT2D eigenvalue weighted by molar-refractivity contribution is 5.93. The Morgan fingerprint density at radius 3 is 2.24 bits per heavy atom. The number of amides is 1. The zero-order valence-electron chi connectivity index (χ0n) is 12.7. The smallest absolute Gasteiger partial charge is 0.224 e. The van der Waals surface area contributed by atoms with Crippen LogP contribution < -0.4 is 4.90 Å². The molecule has 0 aliphatic carbocycles.